The lowest BCUT2D eigenvalue weighted by atomic mass is 9.93. The number of aliphatic hydroxyl groups excluding tert-OH is 4. The number of phenols is 6. The van der Waals surface area contributed by atoms with Crippen LogP contribution in [-0.4, -0.2) is 210 Å². The Balaban J connectivity index is 1.09. The number of phenolic OH excluding ortho intramolecular Hbond substituents is 6. The summed E-state index contributed by atoms with van der Waals surface area (Å²) in [7, 11) is 2.27. The van der Waals surface area contributed by atoms with Crippen molar-refractivity contribution in [2.45, 2.75) is 149 Å². The van der Waals surface area contributed by atoms with Gasteiger partial charge < -0.3 is 113 Å². The number of benzene rings is 6. The first kappa shape index (κ1) is 73.8. The van der Waals surface area contributed by atoms with Gasteiger partial charge in [0.25, 0.3) is 0 Å². The van der Waals surface area contributed by atoms with E-state index in [9.17, 15) is 89.4 Å². The zero-order chi connectivity index (χ0) is 71.9. The highest BCUT2D eigenvalue weighted by atomic mass is 16.7. The van der Waals surface area contributed by atoms with Crippen LogP contribution in [0.3, 0.4) is 0 Å². The fourth-order valence-electron chi connectivity index (χ4n) is 11.9. The molecule has 16 atom stereocenters. The Morgan fingerprint density at radius 3 is 0.690 bits per heavy atom. The van der Waals surface area contributed by atoms with Gasteiger partial charge in [-0.05, 0) is 106 Å². The van der Waals surface area contributed by atoms with Gasteiger partial charge in [0.05, 0.1) is 25.0 Å². The fourth-order valence-corrected chi connectivity index (χ4v) is 11.9. The third-order valence-corrected chi connectivity index (χ3v) is 17.3. The molecule has 4 bridgehead atoms. The van der Waals surface area contributed by atoms with E-state index in [0.717, 1.165) is 14.2 Å². The second kappa shape index (κ2) is 33.9. The summed E-state index contributed by atoms with van der Waals surface area (Å²) in [6.07, 6.45) is -18.0. The molecule has 532 valence electrons. The van der Waals surface area contributed by atoms with Gasteiger partial charge >= 0.3 is 0 Å². The van der Waals surface area contributed by atoms with Gasteiger partial charge in [0.15, 0.2) is 12.6 Å². The van der Waals surface area contributed by atoms with Gasteiger partial charge in [-0.2, -0.15) is 0 Å². The smallest absolute Gasteiger partial charge is 0.243 e. The van der Waals surface area contributed by atoms with Crippen LogP contribution in [0.15, 0.2) is 146 Å². The number of aromatic hydroxyl groups is 6. The van der Waals surface area contributed by atoms with Crippen LogP contribution in [-0.2, 0) is 95.8 Å². The van der Waals surface area contributed by atoms with Gasteiger partial charge in [-0.25, -0.2) is 0 Å². The number of ether oxygens (including phenoxy) is 4. The lowest BCUT2D eigenvalue weighted by molar-refractivity contribution is -0.257. The largest absolute Gasteiger partial charge is 0.508 e. The van der Waals surface area contributed by atoms with Crippen LogP contribution < -0.4 is 42.5 Å². The average Bonchev–Trinajstić information content (AvgIpc) is 0.804. The Labute approximate surface area is 572 Å². The number of hydrogen-bond donors (Lipinski definition) is 18. The van der Waals surface area contributed by atoms with Gasteiger partial charge in [-0.15, -0.1) is 0 Å². The predicted octanol–water partition coefficient (Wildman–Crippen LogP) is -1.47. The standard InChI is InChI=1S/C70H80N8O22/c1-97-69-57-61(89)59(87)53(99-69)33-55(85)71-47(27-35-3-15-41(79)16-4-35)63(91)74-50(30-38-9-21-44(82)22-10-38)66(94)76-52(32-40-13-25-46(84)26-14-40)68(96)78-58-62(90)60(88)54(100-70(58)98-2)34-56(86)72-48(28-36-5-17-42(80)18-6-36)64(92)73-49(29-37-7-19-43(81)20-8-37)65(93)75-51(67(95)77-57)31-39-11-23-45(83)24-12-39/h3-26,47-54,57-62,69-70,79-84,87-90H,27-34H2,1-2H3,(H,71,85)(H,72,86)(H,73,92)(H,74,91)(H,75,93)(H,76,94)(H,77,95)(H,78,96)/t47-,48-,49-,50-,51-,52-,53+,54+,57+,58+,59+,60+,61+,62+,69+,70+/m0/s1. The van der Waals surface area contributed by atoms with Gasteiger partial charge in [0, 0.05) is 52.7 Å². The van der Waals surface area contributed by atoms with E-state index in [1.54, 1.807) is 0 Å². The number of carbonyl (C=O) groups is 8. The summed E-state index contributed by atoms with van der Waals surface area (Å²) >= 11 is 0. The summed E-state index contributed by atoms with van der Waals surface area (Å²) in [5.74, 6) is -8.83. The number of amides is 8. The molecule has 6 aromatic rings. The van der Waals surface area contributed by atoms with E-state index in [4.69, 9.17) is 18.9 Å². The van der Waals surface area contributed by atoms with E-state index >= 15 is 0 Å². The first-order valence-corrected chi connectivity index (χ1v) is 32.0. The minimum Gasteiger partial charge on any atom is -0.508 e. The van der Waals surface area contributed by atoms with Gasteiger partial charge in [0.2, 0.25) is 47.3 Å². The molecule has 0 radical (unpaired) electrons. The Kier molecular flexibility index (Phi) is 25.0. The quantitative estimate of drug-likeness (QED) is 0.0592. The second-order valence-electron chi connectivity index (χ2n) is 24.7. The maximum atomic E-state index is 15.0. The zero-order valence-corrected chi connectivity index (χ0v) is 54.1. The second-order valence-corrected chi connectivity index (χ2v) is 24.7. The summed E-state index contributed by atoms with van der Waals surface area (Å²) in [5.41, 5.74) is 2.24. The molecule has 8 amide bonds. The molecular weight excluding hydrogens is 1300 g/mol. The van der Waals surface area contributed by atoms with Gasteiger partial charge in [-0.1, -0.05) is 72.8 Å². The van der Waals surface area contributed by atoms with Crippen molar-refractivity contribution in [1.82, 2.24) is 42.5 Å². The molecule has 30 nitrogen and oxygen atoms in total. The van der Waals surface area contributed by atoms with Crippen LogP contribution >= 0.6 is 0 Å². The van der Waals surface area contributed by atoms with Crippen LogP contribution in [0.4, 0.5) is 0 Å². The number of aliphatic hydroxyl groups is 4. The first-order valence-electron chi connectivity index (χ1n) is 32.0. The minimum absolute atomic E-state index is 0.140. The van der Waals surface area contributed by atoms with Crippen LogP contribution in [0, 0.1) is 0 Å². The first-order chi connectivity index (χ1) is 47.8. The molecule has 100 heavy (non-hydrogen) atoms. The summed E-state index contributed by atoms with van der Waals surface area (Å²) in [5, 5.41) is 129. The SMILES string of the molecule is CO[C@@H]1O[C@@H]2CC(=O)N[C@@H](Cc3ccc(O)cc3)C(=O)N[C@@H](Cc3ccc(O)cc3)C(=O)N[C@@H](Cc3ccc(O)cc3)C(=O)N[C@H]3[C@H](OC)O[C@H](CC(=O)N[C@@H](Cc4ccc(O)cc4)C(=O)N[C@@H](Cc4ccc(O)cc4)C(=O)N[C@@H](Cc4ccc(O)cc4)C(=O)N[C@@H]1[C@@H](O)[C@@H]2O)[C@@H](O)[C@@H]3O. The molecule has 0 unspecified atom stereocenters. The van der Waals surface area contributed by atoms with Crippen LogP contribution in [0.5, 0.6) is 34.5 Å². The molecule has 12 rings (SSSR count). The molecule has 0 aliphatic carbocycles. The van der Waals surface area contributed by atoms with E-state index in [0.29, 0.717) is 33.4 Å². The lowest BCUT2D eigenvalue weighted by Gasteiger charge is -2.42. The maximum absolute atomic E-state index is 15.0. The molecule has 30 heteroatoms. The van der Waals surface area contributed by atoms with Crippen molar-refractivity contribution in [3.05, 3.63) is 179 Å². The highest BCUT2D eigenvalue weighted by Crippen LogP contribution is 2.28. The zero-order valence-electron chi connectivity index (χ0n) is 54.1. The lowest BCUT2D eigenvalue weighted by Crippen LogP contribution is -2.67. The number of hydrogen-bond acceptors (Lipinski definition) is 22. The number of nitrogens with one attached hydrogen (secondary N) is 8. The fraction of sp³-hybridized carbons (Fsp3) is 0.371. The van der Waals surface area contributed by atoms with E-state index in [-0.39, 0.29) is 73.0 Å². The van der Waals surface area contributed by atoms with Crippen LogP contribution in [0.25, 0.3) is 0 Å². The van der Waals surface area contributed by atoms with E-state index in [2.05, 4.69) is 42.5 Å². The Morgan fingerprint density at radius 1 is 0.300 bits per heavy atom. The molecule has 6 fully saturated rings. The predicted molar refractivity (Wildman–Crippen MR) is 351 cm³/mol. The minimum atomic E-state index is -1.99. The highest BCUT2D eigenvalue weighted by Gasteiger charge is 2.49. The molecule has 6 aliphatic heterocycles. The highest BCUT2D eigenvalue weighted by molar-refractivity contribution is 5.96. The van der Waals surface area contributed by atoms with Crippen molar-refractivity contribution < 1.29 is 108 Å². The molecule has 0 saturated carbocycles. The van der Waals surface area contributed by atoms with Crippen molar-refractivity contribution in [1.29, 1.82) is 0 Å². The molecule has 18 N–H and O–H groups in total. The van der Waals surface area contributed by atoms with Crippen molar-refractivity contribution >= 4 is 47.3 Å². The third-order valence-electron chi connectivity index (χ3n) is 17.3. The monoisotopic (exact) mass is 1380 g/mol. The Morgan fingerprint density at radius 2 is 0.490 bits per heavy atom. The van der Waals surface area contributed by atoms with E-state index < -0.39 is 158 Å². The third kappa shape index (κ3) is 19.9. The number of methoxy groups -OCH3 is 2. The van der Waals surface area contributed by atoms with Crippen LogP contribution in [0.2, 0.25) is 0 Å². The molecule has 6 saturated heterocycles. The Bertz CT molecular complexity index is 3550. The maximum Gasteiger partial charge on any atom is 0.243 e. The van der Waals surface area contributed by atoms with E-state index in [1.807, 2.05) is 0 Å². The summed E-state index contributed by atoms with van der Waals surface area (Å²) in [4.78, 5) is 118. The van der Waals surface area contributed by atoms with Gasteiger partial charge in [-0.3, -0.25) is 38.4 Å². The van der Waals surface area contributed by atoms with Crippen molar-refractivity contribution in [2.24, 2.45) is 0 Å². The van der Waals surface area contributed by atoms with E-state index in [1.165, 1.54) is 146 Å². The van der Waals surface area contributed by atoms with Crippen molar-refractivity contribution in [3.63, 3.8) is 0 Å². The summed E-state index contributed by atoms with van der Waals surface area (Å²) < 4.78 is 23.3. The summed E-state index contributed by atoms with van der Waals surface area (Å²) in [6.45, 7) is 0. The van der Waals surface area contributed by atoms with Gasteiger partial charge in [0.1, 0.15) is 107 Å². The molecule has 0 aromatic heterocycles. The Hall–Kier alpha value is -10.4. The normalized spacial score (nSPS) is 27.9. The average molecular weight is 1390 g/mol. The topological polar surface area (TPSA) is 472 Å². The van der Waals surface area contributed by atoms with Crippen molar-refractivity contribution in [2.75, 3.05) is 14.2 Å². The molecule has 0 spiro atoms. The molecule has 6 heterocycles. The molecular formula is C70H80N8O22. The van der Waals surface area contributed by atoms with Crippen LogP contribution in [0.1, 0.15) is 46.2 Å². The molecule has 6 aliphatic rings. The number of rotatable bonds is 14. The van der Waals surface area contributed by atoms with Crippen molar-refractivity contribution in [3.8, 4) is 34.5 Å². The summed E-state index contributed by atoms with van der Waals surface area (Å²) in [6, 6.07) is 20.3. The number of carbonyl (C=O) groups excluding carboxylic acids is 8. The molecule has 6 aromatic carbocycles.